The van der Waals surface area contributed by atoms with Gasteiger partial charge in [-0.25, -0.2) is 4.98 Å². The Hall–Kier alpha value is -1.28. The number of thiophene rings is 1. The molecule has 28 heavy (non-hydrogen) atoms. The maximum atomic E-state index is 12.5. The molecular formula is C21H35N3O3S. The van der Waals surface area contributed by atoms with Crippen LogP contribution in [0.1, 0.15) is 58.2 Å². The Morgan fingerprint density at radius 2 is 1.86 bits per heavy atom. The van der Waals surface area contributed by atoms with Crippen molar-refractivity contribution in [2.24, 2.45) is 11.8 Å². The first kappa shape index (κ1) is 23.0. The number of aromatic nitrogens is 2. The maximum absolute atomic E-state index is 12.5. The van der Waals surface area contributed by atoms with Crippen LogP contribution < -0.4 is 5.56 Å². The molecule has 0 aliphatic rings. The lowest BCUT2D eigenvalue weighted by atomic mass is 10.2. The van der Waals surface area contributed by atoms with Gasteiger partial charge in [0.25, 0.3) is 5.56 Å². The molecule has 2 N–H and O–H groups in total. The first-order chi connectivity index (χ1) is 13.2. The fraction of sp³-hybridized carbons (Fsp3) is 0.714. The SMILES string of the molecule is CC(C)COCC(O)CN(Cc1nc2sc(C(C)C)cc2c(=O)[nH]1)CC(C)C. The van der Waals surface area contributed by atoms with Gasteiger partial charge in [0.1, 0.15) is 10.7 Å². The highest BCUT2D eigenvalue weighted by Crippen LogP contribution is 2.27. The lowest BCUT2D eigenvalue weighted by Gasteiger charge is -2.26. The van der Waals surface area contributed by atoms with Crippen molar-refractivity contribution in [3.05, 3.63) is 27.1 Å². The Balaban J connectivity index is 2.11. The highest BCUT2D eigenvalue weighted by atomic mass is 32.1. The minimum atomic E-state index is -0.567. The van der Waals surface area contributed by atoms with E-state index in [4.69, 9.17) is 4.74 Å². The van der Waals surface area contributed by atoms with Crippen LogP contribution in [0.4, 0.5) is 0 Å². The molecule has 0 radical (unpaired) electrons. The van der Waals surface area contributed by atoms with E-state index in [1.54, 1.807) is 11.3 Å². The lowest BCUT2D eigenvalue weighted by molar-refractivity contribution is 0.00485. The summed E-state index contributed by atoms with van der Waals surface area (Å²) >= 11 is 1.58. The van der Waals surface area contributed by atoms with E-state index >= 15 is 0 Å². The van der Waals surface area contributed by atoms with Gasteiger partial charge in [0.15, 0.2) is 0 Å². The molecule has 2 aromatic heterocycles. The van der Waals surface area contributed by atoms with E-state index in [-0.39, 0.29) is 5.56 Å². The van der Waals surface area contributed by atoms with Crippen LogP contribution in [0.3, 0.4) is 0 Å². The van der Waals surface area contributed by atoms with Gasteiger partial charge in [0.05, 0.1) is 24.6 Å². The zero-order chi connectivity index (χ0) is 20.8. The van der Waals surface area contributed by atoms with Crippen molar-refractivity contribution in [1.29, 1.82) is 0 Å². The Labute approximate surface area is 171 Å². The van der Waals surface area contributed by atoms with E-state index in [9.17, 15) is 9.90 Å². The van der Waals surface area contributed by atoms with Gasteiger partial charge >= 0.3 is 0 Å². The second-order valence-electron chi connectivity index (χ2n) is 8.71. The minimum Gasteiger partial charge on any atom is -0.389 e. The summed E-state index contributed by atoms with van der Waals surface area (Å²) in [5, 5.41) is 11.0. The molecule has 1 unspecified atom stereocenters. The second kappa shape index (κ2) is 10.5. The molecule has 0 aliphatic heterocycles. The van der Waals surface area contributed by atoms with E-state index in [2.05, 4.69) is 56.4 Å². The molecule has 0 saturated carbocycles. The highest BCUT2D eigenvalue weighted by Gasteiger charge is 2.17. The number of H-pyrrole nitrogens is 1. The largest absolute Gasteiger partial charge is 0.389 e. The van der Waals surface area contributed by atoms with Crippen LogP contribution in [0.25, 0.3) is 10.2 Å². The molecule has 0 amide bonds. The van der Waals surface area contributed by atoms with Crippen LogP contribution in [0.15, 0.2) is 10.9 Å². The second-order valence-corrected chi connectivity index (χ2v) is 9.77. The highest BCUT2D eigenvalue weighted by molar-refractivity contribution is 7.18. The van der Waals surface area contributed by atoms with Crippen molar-refractivity contribution in [1.82, 2.24) is 14.9 Å². The first-order valence-corrected chi connectivity index (χ1v) is 11.0. The zero-order valence-electron chi connectivity index (χ0n) is 18.0. The standard InChI is InChI=1S/C21H35N3O3S/c1-13(2)8-24(9-16(25)12-27-11-14(3)4)10-19-22-20(26)17-7-18(15(5)6)28-21(17)23-19/h7,13-16,25H,8-12H2,1-6H3,(H,22,23,26). The van der Waals surface area contributed by atoms with E-state index in [0.717, 1.165) is 11.4 Å². The molecule has 0 aliphatic carbocycles. The number of nitrogens with zero attached hydrogens (tertiary/aromatic N) is 2. The third-order valence-corrected chi connectivity index (χ3v) is 5.60. The van der Waals surface area contributed by atoms with Gasteiger partial charge in [-0.1, -0.05) is 41.5 Å². The summed E-state index contributed by atoms with van der Waals surface area (Å²) in [4.78, 5) is 24.2. The summed E-state index contributed by atoms with van der Waals surface area (Å²) in [5.74, 6) is 1.90. The summed E-state index contributed by atoms with van der Waals surface area (Å²) in [6.45, 7) is 15.5. The maximum Gasteiger partial charge on any atom is 0.259 e. The number of hydrogen-bond donors (Lipinski definition) is 2. The quantitative estimate of drug-likeness (QED) is 0.593. The Bertz CT molecular complexity index is 798. The molecule has 2 aromatic rings. The van der Waals surface area contributed by atoms with Crippen LogP contribution in [0, 0.1) is 11.8 Å². The average molecular weight is 410 g/mol. The number of aliphatic hydroxyl groups is 1. The third kappa shape index (κ3) is 6.95. The molecule has 0 fully saturated rings. The van der Waals surface area contributed by atoms with Gasteiger partial charge in [-0.3, -0.25) is 9.69 Å². The van der Waals surface area contributed by atoms with Crippen molar-refractivity contribution >= 4 is 21.6 Å². The molecule has 158 valence electrons. The predicted molar refractivity (Wildman–Crippen MR) is 116 cm³/mol. The molecule has 0 aromatic carbocycles. The van der Waals surface area contributed by atoms with Gasteiger partial charge in [-0.2, -0.15) is 0 Å². The number of aliphatic hydroxyl groups excluding tert-OH is 1. The number of fused-ring (bicyclic) bond motifs is 1. The van der Waals surface area contributed by atoms with Gasteiger partial charge in [-0.05, 0) is 23.8 Å². The molecule has 2 heterocycles. The molecule has 0 spiro atoms. The number of hydrogen-bond acceptors (Lipinski definition) is 6. The van der Waals surface area contributed by atoms with Gasteiger partial charge in [0.2, 0.25) is 0 Å². The molecule has 6 nitrogen and oxygen atoms in total. The zero-order valence-corrected chi connectivity index (χ0v) is 18.8. The van der Waals surface area contributed by atoms with Crippen molar-refractivity contribution in [3.63, 3.8) is 0 Å². The normalized spacial score (nSPS) is 13.5. The number of nitrogens with one attached hydrogen (secondary N) is 1. The van der Waals surface area contributed by atoms with Crippen molar-refractivity contribution in [3.8, 4) is 0 Å². The predicted octanol–water partition coefficient (Wildman–Crippen LogP) is 3.60. The Morgan fingerprint density at radius 3 is 2.46 bits per heavy atom. The van der Waals surface area contributed by atoms with Crippen molar-refractivity contribution in [2.75, 3.05) is 26.3 Å². The molecular weight excluding hydrogens is 374 g/mol. The molecule has 2 rings (SSSR count). The van der Waals surface area contributed by atoms with Crippen molar-refractivity contribution < 1.29 is 9.84 Å². The van der Waals surface area contributed by atoms with E-state index in [1.165, 1.54) is 4.88 Å². The number of aromatic amines is 1. The molecule has 7 heteroatoms. The minimum absolute atomic E-state index is 0.0894. The summed E-state index contributed by atoms with van der Waals surface area (Å²) in [7, 11) is 0. The Kier molecular flexibility index (Phi) is 8.61. The molecule has 0 bridgehead atoms. The van der Waals surface area contributed by atoms with E-state index in [1.807, 2.05) is 6.07 Å². The fourth-order valence-corrected chi connectivity index (χ4v) is 4.13. The smallest absolute Gasteiger partial charge is 0.259 e. The lowest BCUT2D eigenvalue weighted by Crippen LogP contribution is -2.37. The van der Waals surface area contributed by atoms with Crippen LogP contribution in [0.2, 0.25) is 0 Å². The van der Waals surface area contributed by atoms with Crippen molar-refractivity contribution in [2.45, 2.75) is 60.1 Å². The van der Waals surface area contributed by atoms with E-state index < -0.39 is 6.10 Å². The molecule has 0 saturated heterocycles. The topological polar surface area (TPSA) is 78.5 Å². The van der Waals surface area contributed by atoms with E-state index in [0.29, 0.717) is 55.3 Å². The summed E-state index contributed by atoms with van der Waals surface area (Å²) < 4.78 is 5.57. The summed E-state index contributed by atoms with van der Waals surface area (Å²) in [6, 6.07) is 1.95. The first-order valence-electron chi connectivity index (χ1n) is 10.2. The van der Waals surface area contributed by atoms with Gasteiger partial charge < -0.3 is 14.8 Å². The fourth-order valence-electron chi connectivity index (χ4n) is 3.08. The van der Waals surface area contributed by atoms with Gasteiger partial charge in [0, 0.05) is 24.6 Å². The number of ether oxygens (including phenoxy) is 1. The third-order valence-electron chi connectivity index (χ3n) is 4.27. The average Bonchev–Trinajstić information content (AvgIpc) is 2.98. The summed E-state index contributed by atoms with van der Waals surface area (Å²) in [5.41, 5.74) is -0.0894. The monoisotopic (exact) mass is 409 g/mol. The summed E-state index contributed by atoms with van der Waals surface area (Å²) in [6.07, 6.45) is -0.567. The molecule has 1 atom stereocenters. The van der Waals surface area contributed by atoms with Crippen LogP contribution in [-0.2, 0) is 11.3 Å². The van der Waals surface area contributed by atoms with Crippen LogP contribution in [-0.4, -0.2) is 52.4 Å². The van der Waals surface area contributed by atoms with Crippen LogP contribution >= 0.6 is 11.3 Å². The van der Waals surface area contributed by atoms with Gasteiger partial charge in [-0.15, -0.1) is 11.3 Å². The number of rotatable bonds is 11. The van der Waals surface area contributed by atoms with Crippen LogP contribution in [0.5, 0.6) is 0 Å². The Morgan fingerprint density at radius 1 is 1.14 bits per heavy atom.